The van der Waals surface area contributed by atoms with Crippen LogP contribution in [0.15, 0.2) is 78.1 Å². The van der Waals surface area contributed by atoms with Crippen molar-refractivity contribution < 1.29 is 52.4 Å². The Labute approximate surface area is 275 Å². The maximum atomic E-state index is 15.0. The minimum atomic E-state index is -4.53. The molecule has 2 aliphatic heterocycles. The van der Waals surface area contributed by atoms with Gasteiger partial charge in [-0.3, -0.25) is 14.5 Å². The zero-order valence-electron chi connectivity index (χ0n) is 26.2. The van der Waals surface area contributed by atoms with Gasteiger partial charge in [-0.05, 0) is 48.9 Å². The molecule has 48 heavy (non-hydrogen) atoms. The molecule has 16 nitrogen and oxygen atoms in total. The summed E-state index contributed by atoms with van der Waals surface area (Å²) in [5.74, 6) is -3.36. The number of nitrogens with zero attached hydrogens (tertiary/aromatic N) is 5. The highest BCUT2D eigenvalue weighted by Crippen LogP contribution is 2.54. The number of anilines is 1. The second-order valence-corrected chi connectivity index (χ2v) is 12.4. The van der Waals surface area contributed by atoms with Gasteiger partial charge in [0.05, 0.1) is 32.1 Å². The molecule has 3 N–H and O–H groups in total. The molecule has 5 rings (SSSR count). The van der Waals surface area contributed by atoms with Gasteiger partial charge in [0.15, 0.2) is 10.6 Å². The van der Waals surface area contributed by atoms with Crippen LogP contribution in [0, 0.1) is 0 Å². The first-order chi connectivity index (χ1) is 22.7. The molecular formula is C31H33N5O11S. The Kier molecular flexibility index (Phi) is 10.5. The summed E-state index contributed by atoms with van der Waals surface area (Å²) in [5.41, 5.74) is -1.45. The largest absolute Gasteiger partial charge is 0.497 e. The predicted octanol–water partition coefficient (Wildman–Crippen LogP) is 0.708. The summed E-state index contributed by atoms with van der Waals surface area (Å²) in [7, 11) is 1.46. The van der Waals surface area contributed by atoms with Crippen molar-refractivity contribution in [2.24, 2.45) is 0 Å². The summed E-state index contributed by atoms with van der Waals surface area (Å²) < 4.78 is 39.9. The molecule has 254 valence electrons. The third kappa shape index (κ3) is 6.42. The number of hydrogen-bond acceptors (Lipinski definition) is 12. The van der Waals surface area contributed by atoms with Crippen LogP contribution in [-0.2, 0) is 34.7 Å². The van der Waals surface area contributed by atoms with E-state index in [1.807, 2.05) is 0 Å². The Bertz CT molecular complexity index is 1840. The molecular weight excluding hydrogens is 650 g/mol. The summed E-state index contributed by atoms with van der Waals surface area (Å²) >= 11 is 0. The number of carbonyl (C=O) groups excluding carboxylic acids is 2. The molecule has 1 aromatic carbocycles. The predicted molar refractivity (Wildman–Crippen MR) is 168 cm³/mol. The monoisotopic (exact) mass is 683 g/mol. The number of carboxylic acid groups (broad SMARTS) is 2. The molecule has 4 heterocycles. The van der Waals surface area contributed by atoms with Crippen molar-refractivity contribution >= 4 is 39.5 Å². The number of amides is 2. The zero-order chi connectivity index (χ0) is 35.4. The van der Waals surface area contributed by atoms with Crippen molar-refractivity contribution in [3.8, 4) is 11.6 Å². The number of β-amino-alcohol motifs (C(OH)–C–C–N with tert-alkyl or cyclic N) is 1. The van der Waals surface area contributed by atoms with E-state index in [0.717, 1.165) is 0 Å². The smallest absolute Gasteiger partial charge is 0.328 e. The van der Waals surface area contributed by atoms with Crippen molar-refractivity contribution in [2.45, 2.75) is 29.1 Å². The van der Waals surface area contributed by atoms with E-state index >= 15 is 0 Å². The number of likely N-dealkylation sites (tertiary alicyclic amines) is 1. The van der Waals surface area contributed by atoms with E-state index in [1.54, 1.807) is 49.3 Å². The highest BCUT2D eigenvalue weighted by atomic mass is 32.2. The number of pyridine rings is 2. The quantitative estimate of drug-likeness (QED) is 0.265. The number of hydrogen-bond donors (Lipinski definition) is 3. The van der Waals surface area contributed by atoms with Gasteiger partial charge in [0.1, 0.15) is 5.75 Å². The van der Waals surface area contributed by atoms with Crippen molar-refractivity contribution in [3.05, 3.63) is 84.2 Å². The lowest BCUT2D eigenvalue weighted by molar-refractivity contribution is -0.138. The summed E-state index contributed by atoms with van der Waals surface area (Å²) in [5, 5.41) is 26.1. The van der Waals surface area contributed by atoms with Crippen LogP contribution in [-0.4, -0.2) is 114 Å². The third-order valence-corrected chi connectivity index (χ3v) is 9.22. The van der Waals surface area contributed by atoms with E-state index in [1.165, 1.54) is 49.7 Å². The number of ether oxygens (including phenoxy) is 2. The number of aromatic nitrogens is 2. The average Bonchev–Trinajstić information content (AvgIpc) is 3.58. The average molecular weight is 684 g/mol. The highest BCUT2D eigenvalue weighted by molar-refractivity contribution is 7.93. The number of fused-ring (bicyclic) bond motifs is 1. The fraction of sp³-hybridized carbons (Fsp3) is 0.290. The Morgan fingerprint density at radius 2 is 1.62 bits per heavy atom. The Hall–Kier alpha value is -5.39. The van der Waals surface area contributed by atoms with Crippen molar-refractivity contribution in [3.63, 3.8) is 0 Å². The first kappa shape index (κ1) is 35.5. The van der Waals surface area contributed by atoms with Crippen molar-refractivity contribution in [2.75, 3.05) is 39.2 Å². The Morgan fingerprint density at radius 3 is 2.19 bits per heavy atom. The molecule has 1 saturated heterocycles. The standard InChI is InChI=1S/C27H29N5O7S.C4H4O4/c1-30(2)25(34)22-14-17(33)16-31(22)27(19-8-7-13-29-24(19)39-4)20-15-18(38-3)10-11-21(20)32(26(27)35)40(36,37)23-9-5-6-12-28-23;5-3(6)1-2-4(7)8/h5-13,15,17,22,33H,14,16H2,1-4H3;1-2H,(H,5,6)(H,7,8)/b;2-1+/t17-,22+,27?;/m1./s1. The number of carboxylic acids is 2. The third-order valence-electron chi connectivity index (χ3n) is 7.61. The van der Waals surface area contributed by atoms with E-state index in [2.05, 4.69) is 9.97 Å². The summed E-state index contributed by atoms with van der Waals surface area (Å²) in [6.07, 6.45) is 2.97. The van der Waals surface area contributed by atoms with Crippen molar-refractivity contribution in [1.82, 2.24) is 19.8 Å². The molecule has 0 aliphatic carbocycles. The number of likely N-dealkylation sites (N-methyl/N-ethyl adjacent to an activating group) is 1. The van der Waals surface area contributed by atoms with Gasteiger partial charge in [0.25, 0.3) is 15.9 Å². The van der Waals surface area contributed by atoms with Gasteiger partial charge in [-0.25, -0.2) is 19.6 Å². The van der Waals surface area contributed by atoms with E-state index < -0.39 is 45.6 Å². The Balaban J connectivity index is 0.000000579. The summed E-state index contributed by atoms with van der Waals surface area (Å²) in [6.45, 7) is -0.109. The van der Waals surface area contributed by atoms with E-state index in [-0.39, 0.29) is 46.6 Å². The number of benzene rings is 1. The molecule has 1 fully saturated rings. The van der Waals surface area contributed by atoms with Gasteiger partial charge in [-0.2, -0.15) is 12.7 Å². The van der Waals surface area contributed by atoms with Crippen LogP contribution < -0.4 is 13.8 Å². The van der Waals surface area contributed by atoms with Crippen LogP contribution in [0.4, 0.5) is 5.69 Å². The SMILES string of the molecule is COc1ccc2c(c1)C(c1cccnc1OC)(N1C[C@H](O)C[C@H]1C(=O)N(C)C)C(=O)N2S(=O)(=O)c1ccccn1.O=C(O)/C=C/C(=O)O. The molecule has 0 saturated carbocycles. The molecule has 3 aromatic rings. The summed E-state index contributed by atoms with van der Waals surface area (Å²) in [6, 6.07) is 11.2. The second kappa shape index (κ2) is 14.2. The molecule has 1 unspecified atom stereocenters. The van der Waals surface area contributed by atoms with Crippen LogP contribution in [0.25, 0.3) is 0 Å². The molecule has 2 aromatic heterocycles. The molecule has 0 bridgehead atoms. The summed E-state index contributed by atoms with van der Waals surface area (Å²) in [4.78, 5) is 58.8. The number of sulfonamides is 1. The fourth-order valence-electron chi connectivity index (χ4n) is 5.69. The maximum absolute atomic E-state index is 15.0. The minimum Gasteiger partial charge on any atom is -0.497 e. The fourth-order valence-corrected chi connectivity index (χ4v) is 7.09. The number of rotatable bonds is 9. The lowest BCUT2D eigenvalue weighted by Gasteiger charge is -2.41. The molecule has 2 amide bonds. The van der Waals surface area contributed by atoms with Gasteiger partial charge in [0.2, 0.25) is 11.8 Å². The first-order valence-electron chi connectivity index (χ1n) is 14.2. The van der Waals surface area contributed by atoms with Gasteiger partial charge < -0.3 is 29.7 Å². The minimum absolute atomic E-state index is 0.0287. The molecule has 0 radical (unpaired) electrons. The second-order valence-electron chi connectivity index (χ2n) is 10.7. The normalized spacial score (nSPS) is 20.5. The number of carbonyl (C=O) groups is 4. The topological polar surface area (TPSA) is 217 Å². The van der Waals surface area contributed by atoms with Crippen LogP contribution in [0.1, 0.15) is 17.5 Å². The van der Waals surface area contributed by atoms with Crippen LogP contribution in [0.2, 0.25) is 0 Å². The van der Waals surface area contributed by atoms with Crippen LogP contribution in [0.3, 0.4) is 0 Å². The van der Waals surface area contributed by atoms with Gasteiger partial charge >= 0.3 is 11.9 Å². The van der Waals surface area contributed by atoms with E-state index in [4.69, 9.17) is 19.7 Å². The molecule has 2 aliphatic rings. The van der Waals surface area contributed by atoms with Gasteiger partial charge in [-0.1, -0.05) is 6.07 Å². The number of methoxy groups -OCH3 is 2. The molecule has 3 atom stereocenters. The first-order valence-corrected chi connectivity index (χ1v) is 15.6. The van der Waals surface area contributed by atoms with Crippen LogP contribution in [0.5, 0.6) is 11.6 Å². The number of aliphatic hydroxyl groups excluding tert-OH is 1. The van der Waals surface area contributed by atoms with Gasteiger partial charge in [0, 0.05) is 56.3 Å². The highest BCUT2D eigenvalue weighted by Gasteiger charge is 2.64. The Morgan fingerprint density at radius 1 is 0.958 bits per heavy atom. The molecule has 0 spiro atoms. The van der Waals surface area contributed by atoms with Gasteiger partial charge in [-0.15, -0.1) is 0 Å². The van der Waals surface area contributed by atoms with E-state index in [0.29, 0.717) is 22.2 Å². The lowest BCUT2D eigenvalue weighted by atomic mass is 9.81. The lowest BCUT2D eigenvalue weighted by Crippen LogP contribution is -2.59. The van der Waals surface area contributed by atoms with Crippen LogP contribution >= 0.6 is 0 Å². The number of aliphatic carboxylic acids is 2. The van der Waals surface area contributed by atoms with Crippen molar-refractivity contribution in [1.29, 1.82) is 0 Å². The molecule has 17 heteroatoms. The maximum Gasteiger partial charge on any atom is 0.328 e. The van der Waals surface area contributed by atoms with E-state index in [9.17, 15) is 32.7 Å². The zero-order valence-corrected chi connectivity index (χ0v) is 27.1. The number of aliphatic hydroxyl groups is 1.